The Kier molecular flexibility index (Phi) is 7.31. The summed E-state index contributed by atoms with van der Waals surface area (Å²) in [6.45, 7) is 0. The summed E-state index contributed by atoms with van der Waals surface area (Å²) >= 11 is 0. The summed E-state index contributed by atoms with van der Waals surface area (Å²) in [5.41, 5.74) is 1.73. The molecule has 0 amide bonds. The number of methoxy groups -OCH3 is 1. The molecule has 0 spiro atoms. The topological polar surface area (TPSA) is 73.9 Å². The molecule has 0 saturated heterocycles. The van der Waals surface area contributed by atoms with Crippen LogP contribution in [0.3, 0.4) is 0 Å². The predicted octanol–water partition coefficient (Wildman–Crippen LogP) is 6.94. The summed E-state index contributed by atoms with van der Waals surface area (Å²) in [6.07, 6.45) is 0. The Balaban J connectivity index is 1.79. The molecule has 0 fully saturated rings. The Morgan fingerprint density at radius 3 is 1.65 bits per heavy atom. The molecule has 6 nitrogen and oxygen atoms in total. The van der Waals surface area contributed by atoms with Gasteiger partial charge in [-0.05, 0) is 54.1 Å². The van der Waals surface area contributed by atoms with E-state index in [-0.39, 0.29) is 0 Å². The van der Waals surface area contributed by atoms with E-state index in [1.54, 1.807) is 72.8 Å². The van der Waals surface area contributed by atoms with Crippen molar-refractivity contribution in [2.75, 3.05) is 12.4 Å². The monoisotopic (exact) mass is 473 g/mol. The molecule has 4 aromatic carbocycles. The fourth-order valence-electron chi connectivity index (χ4n) is 3.34. The van der Waals surface area contributed by atoms with Crippen LogP contribution in [0.4, 0.5) is 5.69 Å². The van der Waals surface area contributed by atoms with Gasteiger partial charge in [-0.1, -0.05) is 66.7 Å². The Morgan fingerprint density at radius 1 is 0.706 bits per heavy atom. The standard InChI is InChI=1S/C27H24NO5P/c1-31-27(29)22-19-17-21(18-20-22)26(28-23-11-5-2-6-12-23)34(30,32-24-13-7-3-8-14-24)33-25-15-9-4-10-16-25/h2-20,26,28H,1H3. The Labute approximate surface area is 198 Å². The third-order valence-corrected chi connectivity index (χ3v) is 6.98. The van der Waals surface area contributed by atoms with Gasteiger partial charge in [0.1, 0.15) is 11.5 Å². The van der Waals surface area contributed by atoms with Crippen LogP contribution in [0.25, 0.3) is 0 Å². The van der Waals surface area contributed by atoms with Gasteiger partial charge in [0.25, 0.3) is 0 Å². The average molecular weight is 473 g/mol. The number of carbonyl (C=O) groups is 1. The van der Waals surface area contributed by atoms with Gasteiger partial charge in [0, 0.05) is 5.69 Å². The maximum absolute atomic E-state index is 14.5. The Hall–Kier alpha value is -4.02. The highest BCUT2D eigenvalue weighted by Crippen LogP contribution is 2.60. The van der Waals surface area contributed by atoms with E-state index in [4.69, 9.17) is 13.8 Å². The fraction of sp³-hybridized carbons (Fsp3) is 0.0741. The van der Waals surface area contributed by atoms with E-state index >= 15 is 0 Å². The van der Waals surface area contributed by atoms with Gasteiger partial charge in [-0.15, -0.1) is 0 Å². The molecule has 1 N–H and O–H groups in total. The van der Waals surface area contributed by atoms with Crippen molar-refractivity contribution < 1.29 is 23.1 Å². The zero-order chi connectivity index (χ0) is 23.8. The summed E-state index contributed by atoms with van der Waals surface area (Å²) in [5.74, 6) is -0.522. The maximum Gasteiger partial charge on any atom is 0.457 e. The zero-order valence-corrected chi connectivity index (χ0v) is 19.4. The number of anilines is 1. The molecule has 7 heteroatoms. The molecule has 0 aromatic heterocycles. The van der Waals surface area contributed by atoms with E-state index in [1.807, 2.05) is 42.5 Å². The lowest BCUT2D eigenvalue weighted by Crippen LogP contribution is -2.18. The van der Waals surface area contributed by atoms with Crippen molar-refractivity contribution in [3.8, 4) is 11.5 Å². The van der Waals surface area contributed by atoms with Gasteiger partial charge < -0.3 is 19.1 Å². The molecule has 0 aliphatic heterocycles. The van der Waals surface area contributed by atoms with Crippen LogP contribution in [-0.4, -0.2) is 13.1 Å². The minimum Gasteiger partial charge on any atom is -0.465 e. The van der Waals surface area contributed by atoms with E-state index in [0.717, 1.165) is 5.69 Å². The lowest BCUT2D eigenvalue weighted by Gasteiger charge is -2.29. The van der Waals surface area contributed by atoms with Crippen molar-refractivity contribution in [2.24, 2.45) is 0 Å². The first-order valence-electron chi connectivity index (χ1n) is 10.7. The van der Waals surface area contributed by atoms with Gasteiger partial charge >= 0.3 is 13.6 Å². The summed E-state index contributed by atoms with van der Waals surface area (Å²) in [5, 5.41) is 3.31. The number of hydrogen-bond donors (Lipinski definition) is 1. The molecule has 34 heavy (non-hydrogen) atoms. The lowest BCUT2D eigenvalue weighted by atomic mass is 10.1. The van der Waals surface area contributed by atoms with Crippen molar-refractivity contribution in [1.29, 1.82) is 0 Å². The number of para-hydroxylation sites is 3. The number of ether oxygens (including phenoxy) is 1. The van der Waals surface area contributed by atoms with Gasteiger partial charge in [0.05, 0.1) is 12.7 Å². The molecule has 0 saturated carbocycles. The SMILES string of the molecule is COC(=O)c1ccc(C(Nc2ccccc2)P(=O)(Oc2ccccc2)Oc2ccccc2)cc1. The van der Waals surface area contributed by atoms with E-state index < -0.39 is 19.3 Å². The van der Waals surface area contributed by atoms with Crippen molar-refractivity contribution in [3.05, 3.63) is 126 Å². The van der Waals surface area contributed by atoms with Crippen LogP contribution < -0.4 is 14.4 Å². The number of rotatable bonds is 9. The largest absolute Gasteiger partial charge is 0.465 e. The second kappa shape index (κ2) is 10.7. The van der Waals surface area contributed by atoms with Gasteiger partial charge in [-0.25, -0.2) is 9.36 Å². The van der Waals surface area contributed by atoms with Crippen LogP contribution in [0, 0.1) is 0 Å². The molecular formula is C27H24NO5P. The molecule has 0 heterocycles. The highest BCUT2D eigenvalue weighted by molar-refractivity contribution is 7.55. The highest BCUT2D eigenvalue weighted by atomic mass is 31.2. The van der Waals surface area contributed by atoms with Crippen LogP contribution in [-0.2, 0) is 9.30 Å². The number of benzene rings is 4. The van der Waals surface area contributed by atoms with E-state index in [0.29, 0.717) is 22.6 Å². The predicted molar refractivity (Wildman–Crippen MR) is 132 cm³/mol. The molecule has 4 rings (SSSR count). The lowest BCUT2D eigenvalue weighted by molar-refractivity contribution is 0.0600. The minimum absolute atomic E-state index is 0.382. The molecule has 0 aliphatic carbocycles. The summed E-state index contributed by atoms with van der Waals surface area (Å²) in [4.78, 5) is 11.9. The second-order valence-corrected chi connectivity index (χ2v) is 9.34. The third-order valence-electron chi connectivity index (χ3n) is 4.99. The fourth-order valence-corrected chi connectivity index (χ4v) is 5.26. The number of esters is 1. The Morgan fingerprint density at radius 2 is 1.18 bits per heavy atom. The first-order valence-corrected chi connectivity index (χ1v) is 12.3. The number of hydrogen-bond acceptors (Lipinski definition) is 6. The van der Waals surface area contributed by atoms with Crippen LogP contribution >= 0.6 is 7.60 Å². The summed E-state index contributed by atoms with van der Waals surface area (Å²) in [7, 11) is -2.61. The summed E-state index contributed by atoms with van der Waals surface area (Å²) < 4.78 is 31.5. The number of carbonyl (C=O) groups excluding carboxylic acids is 1. The molecule has 1 atom stereocenters. The van der Waals surface area contributed by atoms with Crippen LogP contribution in [0.1, 0.15) is 21.7 Å². The molecule has 172 valence electrons. The van der Waals surface area contributed by atoms with Crippen molar-refractivity contribution in [1.82, 2.24) is 0 Å². The number of nitrogens with one attached hydrogen (secondary N) is 1. The smallest absolute Gasteiger partial charge is 0.457 e. The second-order valence-electron chi connectivity index (χ2n) is 7.38. The first-order chi connectivity index (χ1) is 16.6. The Bertz CT molecular complexity index is 1200. The molecule has 1 unspecified atom stereocenters. The normalized spacial score (nSPS) is 11.8. The minimum atomic E-state index is -3.93. The van der Waals surface area contributed by atoms with Gasteiger partial charge in [0.15, 0.2) is 5.78 Å². The van der Waals surface area contributed by atoms with Gasteiger partial charge in [0.2, 0.25) is 0 Å². The van der Waals surface area contributed by atoms with Crippen molar-refractivity contribution in [2.45, 2.75) is 5.78 Å². The quantitative estimate of drug-likeness (QED) is 0.210. The maximum atomic E-state index is 14.5. The third kappa shape index (κ3) is 5.66. The van der Waals surface area contributed by atoms with E-state index in [9.17, 15) is 9.36 Å². The van der Waals surface area contributed by atoms with Gasteiger partial charge in [-0.2, -0.15) is 0 Å². The molecule has 0 aliphatic rings. The summed E-state index contributed by atoms with van der Waals surface area (Å²) in [6, 6.07) is 33.8. The van der Waals surface area contributed by atoms with Crippen LogP contribution in [0.15, 0.2) is 115 Å². The highest BCUT2D eigenvalue weighted by Gasteiger charge is 2.41. The van der Waals surface area contributed by atoms with Gasteiger partial charge in [-0.3, -0.25) is 0 Å². The van der Waals surface area contributed by atoms with Crippen molar-refractivity contribution >= 4 is 19.3 Å². The molecule has 0 bridgehead atoms. The zero-order valence-electron chi connectivity index (χ0n) is 18.5. The molecular weight excluding hydrogens is 449 g/mol. The van der Waals surface area contributed by atoms with E-state index in [2.05, 4.69) is 5.32 Å². The molecule has 4 aromatic rings. The average Bonchev–Trinajstić information content (AvgIpc) is 2.88. The van der Waals surface area contributed by atoms with E-state index in [1.165, 1.54) is 7.11 Å². The molecule has 0 radical (unpaired) electrons. The first kappa shape index (κ1) is 23.1. The van der Waals surface area contributed by atoms with Crippen LogP contribution in [0.5, 0.6) is 11.5 Å². The van der Waals surface area contributed by atoms with Crippen LogP contribution in [0.2, 0.25) is 0 Å². The van der Waals surface area contributed by atoms with Crippen molar-refractivity contribution in [3.63, 3.8) is 0 Å².